The molecule has 1 unspecified atom stereocenters. The highest BCUT2D eigenvalue weighted by atomic mass is 79.9. The van der Waals surface area contributed by atoms with Crippen LogP contribution in [-0.2, 0) is 4.74 Å². The quantitative estimate of drug-likeness (QED) is 0.695. The monoisotopic (exact) mass is 346 g/mol. The van der Waals surface area contributed by atoms with Gasteiger partial charge in [0.05, 0.1) is 6.61 Å². The van der Waals surface area contributed by atoms with Crippen molar-refractivity contribution in [2.45, 2.75) is 18.8 Å². The highest BCUT2D eigenvalue weighted by Gasteiger charge is 2.22. The molecule has 1 aliphatic rings. The Bertz CT molecular complexity index is 336. The van der Waals surface area contributed by atoms with E-state index in [4.69, 9.17) is 4.74 Å². The molecule has 1 aromatic rings. The van der Waals surface area contributed by atoms with Gasteiger partial charge in [-0.2, -0.15) is 0 Å². The average molecular weight is 348 g/mol. The van der Waals surface area contributed by atoms with E-state index < -0.39 is 0 Å². The first-order valence-electron chi connectivity index (χ1n) is 5.69. The summed E-state index contributed by atoms with van der Waals surface area (Å²) < 4.78 is 6.94. The van der Waals surface area contributed by atoms with Crippen LogP contribution in [0.1, 0.15) is 24.3 Å². The summed E-state index contributed by atoms with van der Waals surface area (Å²) in [5, 5.41) is 0.945. The van der Waals surface area contributed by atoms with E-state index in [0.29, 0.717) is 5.92 Å². The predicted octanol–water partition coefficient (Wildman–Crippen LogP) is 4.35. The third-order valence-corrected chi connectivity index (χ3v) is 4.40. The SMILES string of the molecule is BrCC(COCC1CC1)c1ccccc1Br. The van der Waals surface area contributed by atoms with E-state index in [1.165, 1.54) is 22.9 Å². The zero-order chi connectivity index (χ0) is 11.4. The molecule has 0 saturated heterocycles. The first-order chi connectivity index (χ1) is 7.81. The lowest BCUT2D eigenvalue weighted by molar-refractivity contribution is 0.115. The minimum atomic E-state index is 0.439. The minimum absolute atomic E-state index is 0.439. The first-order valence-corrected chi connectivity index (χ1v) is 7.61. The van der Waals surface area contributed by atoms with Gasteiger partial charge >= 0.3 is 0 Å². The molecule has 1 aromatic carbocycles. The summed E-state index contributed by atoms with van der Waals surface area (Å²) in [5.41, 5.74) is 1.33. The normalized spacial score (nSPS) is 17.4. The number of hydrogen-bond acceptors (Lipinski definition) is 1. The molecule has 1 nitrogen and oxygen atoms in total. The Morgan fingerprint density at radius 2 is 2.06 bits per heavy atom. The number of hydrogen-bond donors (Lipinski definition) is 0. The van der Waals surface area contributed by atoms with Crippen LogP contribution in [0, 0.1) is 5.92 Å². The van der Waals surface area contributed by atoms with Gasteiger partial charge in [0.15, 0.2) is 0 Å². The van der Waals surface area contributed by atoms with Crippen molar-refractivity contribution in [1.82, 2.24) is 0 Å². The second-order valence-electron chi connectivity index (χ2n) is 4.35. The summed E-state index contributed by atoms with van der Waals surface area (Å²) in [5.74, 6) is 1.28. The van der Waals surface area contributed by atoms with E-state index in [2.05, 4.69) is 50.1 Å². The van der Waals surface area contributed by atoms with Crippen molar-refractivity contribution in [2.75, 3.05) is 18.5 Å². The number of rotatable bonds is 6. The lowest BCUT2D eigenvalue weighted by Gasteiger charge is -2.16. The topological polar surface area (TPSA) is 9.23 Å². The second kappa shape index (κ2) is 6.18. The zero-order valence-electron chi connectivity index (χ0n) is 9.16. The van der Waals surface area contributed by atoms with Gasteiger partial charge in [-0.05, 0) is 30.4 Å². The largest absolute Gasteiger partial charge is 0.380 e. The minimum Gasteiger partial charge on any atom is -0.380 e. The summed E-state index contributed by atoms with van der Waals surface area (Å²) in [7, 11) is 0. The summed E-state index contributed by atoms with van der Waals surface area (Å²) in [6.07, 6.45) is 2.71. The van der Waals surface area contributed by atoms with Gasteiger partial charge < -0.3 is 4.74 Å². The van der Waals surface area contributed by atoms with Crippen LogP contribution in [0.3, 0.4) is 0 Å². The second-order valence-corrected chi connectivity index (χ2v) is 5.86. The van der Waals surface area contributed by atoms with Gasteiger partial charge in [0.25, 0.3) is 0 Å². The fraction of sp³-hybridized carbons (Fsp3) is 0.538. The maximum atomic E-state index is 5.77. The maximum Gasteiger partial charge on any atom is 0.0543 e. The molecule has 0 spiro atoms. The molecule has 1 aliphatic carbocycles. The Hall–Kier alpha value is 0.140. The number of ether oxygens (including phenoxy) is 1. The fourth-order valence-electron chi connectivity index (χ4n) is 1.69. The standard InChI is InChI=1S/C13H16Br2O/c14-7-11(9-16-8-10-5-6-10)12-3-1-2-4-13(12)15/h1-4,10-11H,5-9H2. The summed E-state index contributed by atoms with van der Waals surface area (Å²) in [6.45, 7) is 1.75. The predicted molar refractivity (Wildman–Crippen MR) is 74.2 cm³/mol. The van der Waals surface area contributed by atoms with Gasteiger partial charge in [-0.15, -0.1) is 0 Å². The van der Waals surface area contributed by atoms with E-state index in [-0.39, 0.29) is 0 Å². The highest BCUT2D eigenvalue weighted by Crippen LogP contribution is 2.30. The van der Waals surface area contributed by atoms with E-state index in [1.54, 1.807) is 0 Å². The van der Waals surface area contributed by atoms with Crippen LogP contribution < -0.4 is 0 Å². The molecule has 3 heteroatoms. The number of halogens is 2. The molecule has 88 valence electrons. The van der Waals surface area contributed by atoms with Crippen molar-refractivity contribution in [3.63, 3.8) is 0 Å². The molecule has 0 heterocycles. The van der Waals surface area contributed by atoms with Crippen LogP contribution in [0.2, 0.25) is 0 Å². The molecule has 0 aromatic heterocycles. The molecular weight excluding hydrogens is 332 g/mol. The average Bonchev–Trinajstić information content (AvgIpc) is 3.10. The van der Waals surface area contributed by atoms with Crippen molar-refractivity contribution in [3.05, 3.63) is 34.3 Å². The van der Waals surface area contributed by atoms with Crippen LogP contribution in [0.15, 0.2) is 28.7 Å². The van der Waals surface area contributed by atoms with Crippen LogP contribution in [-0.4, -0.2) is 18.5 Å². The lowest BCUT2D eigenvalue weighted by atomic mass is 10.0. The van der Waals surface area contributed by atoms with E-state index in [9.17, 15) is 0 Å². The van der Waals surface area contributed by atoms with Gasteiger partial charge in [0, 0.05) is 22.3 Å². The molecule has 1 fully saturated rings. The van der Waals surface area contributed by atoms with E-state index in [1.807, 2.05) is 6.07 Å². The third kappa shape index (κ3) is 3.57. The Labute approximate surface area is 114 Å². The Balaban J connectivity index is 1.90. The molecule has 0 amide bonds. The first kappa shape index (κ1) is 12.6. The molecular formula is C13H16Br2O. The molecule has 1 saturated carbocycles. The molecule has 0 N–H and O–H groups in total. The van der Waals surface area contributed by atoms with Gasteiger partial charge in [-0.1, -0.05) is 50.1 Å². The van der Waals surface area contributed by atoms with Crippen molar-refractivity contribution in [1.29, 1.82) is 0 Å². The van der Waals surface area contributed by atoms with Crippen LogP contribution >= 0.6 is 31.9 Å². The number of alkyl halides is 1. The Kier molecular flexibility index (Phi) is 4.86. The maximum absolute atomic E-state index is 5.77. The van der Waals surface area contributed by atoms with Crippen molar-refractivity contribution in [3.8, 4) is 0 Å². The van der Waals surface area contributed by atoms with Crippen LogP contribution in [0.25, 0.3) is 0 Å². The summed E-state index contributed by atoms with van der Waals surface area (Å²) in [4.78, 5) is 0. The van der Waals surface area contributed by atoms with E-state index in [0.717, 1.165) is 24.5 Å². The molecule has 0 radical (unpaired) electrons. The van der Waals surface area contributed by atoms with Crippen LogP contribution in [0.5, 0.6) is 0 Å². The molecule has 1 atom stereocenters. The molecule has 16 heavy (non-hydrogen) atoms. The number of benzene rings is 1. The van der Waals surface area contributed by atoms with Gasteiger partial charge in [0.1, 0.15) is 0 Å². The fourth-order valence-corrected chi connectivity index (χ4v) is 2.83. The van der Waals surface area contributed by atoms with E-state index >= 15 is 0 Å². The molecule has 2 rings (SSSR count). The zero-order valence-corrected chi connectivity index (χ0v) is 12.3. The third-order valence-electron chi connectivity index (χ3n) is 2.90. The Morgan fingerprint density at radius 3 is 2.69 bits per heavy atom. The summed E-state index contributed by atoms with van der Waals surface area (Å²) in [6, 6.07) is 8.38. The van der Waals surface area contributed by atoms with Crippen molar-refractivity contribution >= 4 is 31.9 Å². The Morgan fingerprint density at radius 1 is 1.31 bits per heavy atom. The van der Waals surface area contributed by atoms with Crippen molar-refractivity contribution in [2.24, 2.45) is 5.92 Å². The highest BCUT2D eigenvalue weighted by molar-refractivity contribution is 9.10. The molecule has 0 aliphatic heterocycles. The molecule has 0 bridgehead atoms. The van der Waals surface area contributed by atoms with Crippen LogP contribution in [0.4, 0.5) is 0 Å². The smallest absolute Gasteiger partial charge is 0.0543 e. The lowest BCUT2D eigenvalue weighted by Crippen LogP contribution is -2.11. The van der Waals surface area contributed by atoms with Gasteiger partial charge in [-0.25, -0.2) is 0 Å². The van der Waals surface area contributed by atoms with Crippen molar-refractivity contribution < 1.29 is 4.74 Å². The van der Waals surface area contributed by atoms with Gasteiger partial charge in [0.2, 0.25) is 0 Å². The van der Waals surface area contributed by atoms with Gasteiger partial charge in [-0.3, -0.25) is 0 Å². The summed E-state index contributed by atoms with van der Waals surface area (Å²) >= 11 is 7.16.